The van der Waals surface area contributed by atoms with Crippen LogP contribution in [0.2, 0.25) is 0 Å². The maximum atomic E-state index is 15.0. The number of anilines is 1. The lowest BCUT2D eigenvalue weighted by atomic mass is 10.2. The molecule has 198 valence electrons. The first-order valence-electron chi connectivity index (χ1n) is 11.7. The van der Waals surface area contributed by atoms with E-state index < -0.39 is 28.7 Å². The van der Waals surface area contributed by atoms with Gasteiger partial charge in [-0.05, 0) is 30.7 Å². The summed E-state index contributed by atoms with van der Waals surface area (Å²) in [4.78, 5) is 42.0. The van der Waals surface area contributed by atoms with Crippen molar-refractivity contribution in [1.82, 2.24) is 19.3 Å². The van der Waals surface area contributed by atoms with Crippen LogP contribution in [-0.2, 0) is 13.6 Å². The van der Waals surface area contributed by atoms with Crippen LogP contribution >= 0.6 is 0 Å². The summed E-state index contributed by atoms with van der Waals surface area (Å²) in [7, 11) is 4.36. The van der Waals surface area contributed by atoms with E-state index in [1.807, 2.05) is 6.92 Å². The number of fused-ring (bicyclic) bond motifs is 1. The van der Waals surface area contributed by atoms with Gasteiger partial charge in [0.2, 0.25) is 5.69 Å². The molecule has 4 rings (SSSR count). The third-order valence-corrected chi connectivity index (χ3v) is 5.77. The van der Waals surface area contributed by atoms with E-state index in [1.54, 1.807) is 18.2 Å². The molecule has 0 aliphatic carbocycles. The van der Waals surface area contributed by atoms with E-state index in [4.69, 9.17) is 14.2 Å². The molecule has 38 heavy (non-hydrogen) atoms. The SMILES string of the molecule is CCCCn1c(=O)c(C(=O)Nc2ccc(Oc3ccnc4cc(OC)c(OC)cc34)c(F)c2)nn(C)c1=O. The van der Waals surface area contributed by atoms with Crippen molar-refractivity contribution in [2.24, 2.45) is 7.05 Å². The summed E-state index contributed by atoms with van der Waals surface area (Å²) in [6.07, 6.45) is 2.85. The van der Waals surface area contributed by atoms with Gasteiger partial charge in [-0.3, -0.25) is 19.1 Å². The molecule has 0 aliphatic rings. The van der Waals surface area contributed by atoms with E-state index in [-0.39, 0.29) is 18.0 Å². The highest BCUT2D eigenvalue weighted by Gasteiger charge is 2.19. The lowest BCUT2D eigenvalue weighted by Gasteiger charge is -2.13. The van der Waals surface area contributed by atoms with E-state index in [0.717, 1.165) is 21.7 Å². The number of aromatic nitrogens is 4. The van der Waals surface area contributed by atoms with Gasteiger partial charge in [0.05, 0.1) is 19.7 Å². The van der Waals surface area contributed by atoms with E-state index in [2.05, 4.69) is 15.4 Å². The predicted octanol–water partition coefficient (Wildman–Crippen LogP) is 3.49. The zero-order valence-electron chi connectivity index (χ0n) is 21.3. The van der Waals surface area contributed by atoms with Crippen LogP contribution in [0.5, 0.6) is 23.0 Å². The number of carbonyl (C=O) groups is 1. The number of hydrogen-bond acceptors (Lipinski definition) is 8. The molecule has 0 saturated carbocycles. The second-order valence-corrected chi connectivity index (χ2v) is 8.30. The number of ether oxygens (including phenoxy) is 3. The van der Waals surface area contributed by atoms with Gasteiger partial charge >= 0.3 is 5.69 Å². The van der Waals surface area contributed by atoms with Gasteiger partial charge in [0.1, 0.15) is 5.75 Å². The molecule has 2 heterocycles. The Bertz CT molecular complexity index is 1630. The van der Waals surface area contributed by atoms with Crippen LogP contribution in [0.3, 0.4) is 0 Å². The molecule has 0 fully saturated rings. The molecule has 0 radical (unpaired) electrons. The van der Waals surface area contributed by atoms with E-state index in [1.165, 1.54) is 39.6 Å². The summed E-state index contributed by atoms with van der Waals surface area (Å²) in [6.45, 7) is 2.07. The van der Waals surface area contributed by atoms with E-state index in [0.29, 0.717) is 34.6 Å². The maximum absolute atomic E-state index is 15.0. The molecular formula is C26H26FN5O6. The Morgan fingerprint density at radius 1 is 1.03 bits per heavy atom. The summed E-state index contributed by atoms with van der Waals surface area (Å²) < 4.78 is 33.3. The number of halogens is 1. The number of methoxy groups -OCH3 is 2. The smallest absolute Gasteiger partial charge is 0.347 e. The molecule has 1 amide bonds. The third-order valence-electron chi connectivity index (χ3n) is 5.77. The Morgan fingerprint density at radius 2 is 1.76 bits per heavy atom. The zero-order chi connectivity index (χ0) is 27.4. The Hall–Kier alpha value is -4.74. The molecule has 0 saturated heterocycles. The highest BCUT2D eigenvalue weighted by Crippen LogP contribution is 2.37. The molecular weight excluding hydrogens is 497 g/mol. The Kier molecular flexibility index (Phi) is 7.70. The van der Waals surface area contributed by atoms with E-state index >= 15 is 0 Å². The minimum absolute atomic E-state index is 0.0704. The zero-order valence-corrected chi connectivity index (χ0v) is 21.3. The van der Waals surface area contributed by atoms with Crippen molar-refractivity contribution in [1.29, 1.82) is 0 Å². The summed E-state index contributed by atoms with van der Waals surface area (Å²) in [5.74, 6) is -0.466. The van der Waals surface area contributed by atoms with Gasteiger partial charge in [-0.2, -0.15) is 5.10 Å². The van der Waals surface area contributed by atoms with Gasteiger partial charge in [0, 0.05) is 43.0 Å². The van der Waals surface area contributed by atoms with Crippen molar-refractivity contribution in [2.45, 2.75) is 26.3 Å². The largest absolute Gasteiger partial charge is 0.493 e. The van der Waals surface area contributed by atoms with Crippen LogP contribution in [0.1, 0.15) is 30.3 Å². The normalized spacial score (nSPS) is 10.9. The topological polar surface area (TPSA) is 127 Å². The fourth-order valence-corrected chi connectivity index (χ4v) is 3.79. The van der Waals surface area contributed by atoms with Crippen LogP contribution < -0.4 is 30.8 Å². The fraction of sp³-hybridized carbons (Fsp3) is 0.269. The number of benzene rings is 2. The highest BCUT2D eigenvalue weighted by atomic mass is 19.1. The van der Waals surface area contributed by atoms with Gasteiger partial charge in [-0.15, -0.1) is 0 Å². The molecule has 0 aliphatic heterocycles. The number of nitrogens with zero attached hydrogens (tertiary/aromatic N) is 4. The molecule has 0 unspecified atom stereocenters. The van der Waals surface area contributed by atoms with Crippen molar-refractivity contribution in [2.75, 3.05) is 19.5 Å². The highest BCUT2D eigenvalue weighted by molar-refractivity contribution is 6.02. The molecule has 2 aromatic carbocycles. The predicted molar refractivity (Wildman–Crippen MR) is 138 cm³/mol. The molecule has 12 heteroatoms. The molecule has 2 aromatic heterocycles. The van der Waals surface area contributed by atoms with Gasteiger partial charge in [-0.1, -0.05) is 13.3 Å². The summed E-state index contributed by atoms with van der Waals surface area (Å²) in [6, 6.07) is 8.75. The number of unbranched alkanes of at least 4 members (excludes halogenated alkanes) is 1. The van der Waals surface area contributed by atoms with Gasteiger partial charge in [-0.25, -0.2) is 13.9 Å². The number of rotatable bonds is 9. The number of carbonyl (C=O) groups excluding carboxylic acids is 1. The summed E-state index contributed by atoms with van der Waals surface area (Å²) in [5.41, 5.74) is -1.28. The second-order valence-electron chi connectivity index (χ2n) is 8.30. The standard InChI is InChI=1S/C26H26FN5O6/c1-5-6-11-32-25(34)23(30-31(2)26(32)35)24(33)29-15-7-8-20(17(27)12-15)38-19-9-10-28-18-14-22(37-4)21(36-3)13-16(18)19/h7-10,12-14H,5-6,11H2,1-4H3,(H,29,33). The van der Waals surface area contributed by atoms with Crippen LogP contribution in [-0.4, -0.2) is 39.5 Å². The first kappa shape index (κ1) is 26.3. The molecule has 4 aromatic rings. The number of amides is 1. The van der Waals surface area contributed by atoms with Gasteiger partial charge in [0.15, 0.2) is 23.1 Å². The second kappa shape index (κ2) is 11.1. The van der Waals surface area contributed by atoms with Crippen molar-refractivity contribution >= 4 is 22.5 Å². The van der Waals surface area contributed by atoms with Crippen molar-refractivity contribution in [3.63, 3.8) is 0 Å². The quantitative estimate of drug-likeness (QED) is 0.353. The fourth-order valence-electron chi connectivity index (χ4n) is 3.79. The Balaban J connectivity index is 1.59. The minimum atomic E-state index is -0.870. The number of nitrogens with one attached hydrogen (secondary N) is 1. The van der Waals surface area contributed by atoms with E-state index in [9.17, 15) is 18.8 Å². The lowest BCUT2D eigenvalue weighted by Crippen LogP contribution is -2.44. The van der Waals surface area contributed by atoms with Crippen LogP contribution in [0.25, 0.3) is 10.9 Å². The number of hydrogen-bond donors (Lipinski definition) is 1. The molecule has 0 bridgehead atoms. The maximum Gasteiger partial charge on any atom is 0.347 e. The van der Waals surface area contributed by atoms with Gasteiger partial charge < -0.3 is 19.5 Å². The molecule has 0 spiro atoms. The van der Waals surface area contributed by atoms with Crippen molar-refractivity contribution < 1.29 is 23.4 Å². The Morgan fingerprint density at radius 3 is 2.45 bits per heavy atom. The summed E-state index contributed by atoms with van der Waals surface area (Å²) >= 11 is 0. The van der Waals surface area contributed by atoms with Crippen LogP contribution in [0.4, 0.5) is 10.1 Å². The van der Waals surface area contributed by atoms with Gasteiger partial charge in [0.25, 0.3) is 11.5 Å². The third kappa shape index (κ3) is 5.19. The average molecular weight is 524 g/mol. The number of pyridine rings is 1. The van der Waals surface area contributed by atoms with Crippen LogP contribution in [0, 0.1) is 5.82 Å². The first-order valence-corrected chi connectivity index (χ1v) is 11.7. The monoisotopic (exact) mass is 523 g/mol. The molecule has 1 N–H and O–H groups in total. The minimum Gasteiger partial charge on any atom is -0.493 e. The lowest BCUT2D eigenvalue weighted by molar-refractivity contribution is 0.101. The Labute approximate surface area is 216 Å². The van der Waals surface area contributed by atoms with Crippen LogP contribution in [0.15, 0.2) is 52.2 Å². The summed E-state index contributed by atoms with van der Waals surface area (Å²) in [5, 5.41) is 6.83. The van der Waals surface area contributed by atoms with Crippen molar-refractivity contribution in [3.8, 4) is 23.0 Å². The molecule has 0 atom stereocenters. The number of aryl methyl sites for hydroxylation is 1. The molecule has 11 nitrogen and oxygen atoms in total. The first-order chi connectivity index (χ1) is 18.3. The van der Waals surface area contributed by atoms with Crippen molar-refractivity contribution in [3.05, 3.63) is 74.9 Å². The average Bonchev–Trinajstić information content (AvgIpc) is 2.91.